The van der Waals surface area contributed by atoms with Crippen LogP contribution >= 0.6 is 11.3 Å². The molecule has 4 heteroatoms. The molecule has 3 nitrogen and oxygen atoms in total. The van der Waals surface area contributed by atoms with Crippen molar-refractivity contribution in [3.05, 3.63) is 46.3 Å². The highest BCUT2D eigenvalue weighted by Gasteiger charge is 1.98. The van der Waals surface area contributed by atoms with Gasteiger partial charge in [0.1, 0.15) is 0 Å². The third-order valence-electron chi connectivity index (χ3n) is 2.56. The Morgan fingerprint density at radius 1 is 1.33 bits per heavy atom. The zero-order valence-corrected chi connectivity index (χ0v) is 11.4. The van der Waals surface area contributed by atoms with Crippen molar-refractivity contribution in [2.75, 3.05) is 13.2 Å². The van der Waals surface area contributed by atoms with Crippen molar-refractivity contribution in [2.24, 2.45) is 0 Å². The van der Waals surface area contributed by atoms with Gasteiger partial charge in [-0.15, -0.1) is 11.3 Å². The van der Waals surface area contributed by atoms with Crippen molar-refractivity contribution < 1.29 is 4.74 Å². The van der Waals surface area contributed by atoms with E-state index in [1.807, 2.05) is 12.3 Å². The van der Waals surface area contributed by atoms with Crippen LogP contribution in [0.2, 0.25) is 0 Å². The van der Waals surface area contributed by atoms with Gasteiger partial charge in [-0.05, 0) is 23.6 Å². The molecule has 18 heavy (non-hydrogen) atoms. The molecule has 1 N–H and O–H groups in total. The fourth-order valence-electron chi connectivity index (χ4n) is 1.58. The highest BCUT2D eigenvalue weighted by Crippen LogP contribution is 2.11. The Balaban J connectivity index is 1.75. The summed E-state index contributed by atoms with van der Waals surface area (Å²) in [6.45, 7) is 4.60. The van der Waals surface area contributed by atoms with E-state index in [2.05, 4.69) is 40.8 Å². The summed E-state index contributed by atoms with van der Waals surface area (Å²) in [6.07, 6.45) is 2.81. The Morgan fingerprint density at radius 3 is 2.94 bits per heavy atom. The van der Waals surface area contributed by atoms with Gasteiger partial charge in [0.15, 0.2) is 0 Å². The van der Waals surface area contributed by atoms with Crippen LogP contribution in [-0.2, 0) is 13.0 Å². The first-order valence-electron chi connectivity index (χ1n) is 6.19. The number of nitrogens with one attached hydrogen (secondary N) is 1. The van der Waals surface area contributed by atoms with Crippen molar-refractivity contribution in [3.8, 4) is 5.88 Å². The quantitative estimate of drug-likeness (QED) is 0.833. The number of hydrogen-bond acceptors (Lipinski definition) is 4. The number of nitrogens with zero attached hydrogens (tertiary/aromatic N) is 1. The Kier molecular flexibility index (Phi) is 5.17. The van der Waals surface area contributed by atoms with Crippen LogP contribution in [0.25, 0.3) is 0 Å². The summed E-state index contributed by atoms with van der Waals surface area (Å²) >= 11 is 1.76. The first kappa shape index (κ1) is 13.1. The molecule has 0 bridgehead atoms. The van der Waals surface area contributed by atoms with E-state index in [-0.39, 0.29) is 0 Å². The molecule has 2 heterocycles. The van der Waals surface area contributed by atoms with Crippen molar-refractivity contribution in [1.29, 1.82) is 0 Å². The molecule has 0 spiro atoms. The minimum atomic E-state index is 0.681. The molecule has 0 amide bonds. The van der Waals surface area contributed by atoms with Gasteiger partial charge in [-0.1, -0.05) is 19.1 Å². The maximum absolute atomic E-state index is 5.61. The van der Waals surface area contributed by atoms with Gasteiger partial charge in [0.2, 0.25) is 5.88 Å². The second-order valence-electron chi connectivity index (χ2n) is 3.96. The van der Waals surface area contributed by atoms with E-state index in [1.54, 1.807) is 11.3 Å². The molecule has 0 radical (unpaired) electrons. The van der Waals surface area contributed by atoms with Gasteiger partial charge in [0.25, 0.3) is 0 Å². The minimum Gasteiger partial charge on any atom is -0.477 e. The Hall–Kier alpha value is -1.39. The maximum Gasteiger partial charge on any atom is 0.213 e. The molecule has 2 rings (SSSR count). The fraction of sp³-hybridized carbons (Fsp3) is 0.357. The number of aromatic nitrogens is 1. The molecule has 0 saturated heterocycles. The fourth-order valence-corrected chi connectivity index (χ4v) is 2.27. The lowest BCUT2D eigenvalue weighted by Crippen LogP contribution is -2.11. The van der Waals surface area contributed by atoms with Crippen molar-refractivity contribution in [1.82, 2.24) is 10.3 Å². The average molecular weight is 262 g/mol. The van der Waals surface area contributed by atoms with Crippen LogP contribution in [0.3, 0.4) is 0 Å². The third-order valence-corrected chi connectivity index (χ3v) is 3.49. The molecule has 0 aromatic carbocycles. The monoisotopic (exact) mass is 262 g/mol. The molecular formula is C14H18N2OS. The lowest BCUT2D eigenvalue weighted by atomic mass is 10.3. The molecule has 0 atom stereocenters. The summed E-state index contributed by atoms with van der Waals surface area (Å²) < 4.78 is 5.61. The first-order chi connectivity index (χ1) is 8.88. The zero-order chi connectivity index (χ0) is 12.6. The van der Waals surface area contributed by atoms with Crippen LogP contribution in [0.1, 0.15) is 17.4 Å². The van der Waals surface area contributed by atoms with Crippen molar-refractivity contribution in [2.45, 2.75) is 19.9 Å². The number of hydrogen-bond donors (Lipinski definition) is 1. The van der Waals surface area contributed by atoms with E-state index in [0.717, 1.165) is 19.5 Å². The summed E-state index contributed by atoms with van der Waals surface area (Å²) in [5.41, 5.74) is 1.18. The third kappa shape index (κ3) is 4.13. The van der Waals surface area contributed by atoms with Crippen LogP contribution in [-0.4, -0.2) is 18.1 Å². The van der Waals surface area contributed by atoms with Gasteiger partial charge in [0, 0.05) is 30.1 Å². The van der Waals surface area contributed by atoms with E-state index in [4.69, 9.17) is 4.74 Å². The summed E-state index contributed by atoms with van der Waals surface area (Å²) in [5, 5.41) is 5.35. The summed E-state index contributed by atoms with van der Waals surface area (Å²) in [5.74, 6) is 0.701. The van der Waals surface area contributed by atoms with E-state index < -0.39 is 0 Å². The zero-order valence-electron chi connectivity index (χ0n) is 10.6. The second kappa shape index (κ2) is 7.13. The van der Waals surface area contributed by atoms with Gasteiger partial charge in [-0.2, -0.15) is 0 Å². The number of thiophene rings is 1. The molecule has 2 aromatic heterocycles. The summed E-state index contributed by atoms with van der Waals surface area (Å²) in [4.78, 5) is 5.64. The predicted octanol–water partition coefficient (Wildman–Crippen LogP) is 2.87. The molecule has 2 aromatic rings. The Bertz CT molecular complexity index is 439. The van der Waals surface area contributed by atoms with Crippen molar-refractivity contribution in [3.63, 3.8) is 0 Å². The molecule has 0 fully saturated rings. The highest BCUT2D eigenvalue weighted by molar-refractivity contribution is 7.09. The second-order valence-corrected chi connectivity index (χ2v) is 5.00. The number of pyridine rings is 1. The molecular weight excluding hydrogens is 244 g/mol. The van der Waals surface area contributed by atoms with E-state index in [9.17, 15) is 0 Å². The smallest absolute Gasteiger partial charge is 0.213 e. The highest BCUT2D eigenvalue weighted by atomic mass is 32.1. The number of rotatable bonds is 7. The van der Waals surface area contributed by atoms with Crippen LogP contribution < -0.4 is 10.1 Å². The molecule has 96 valence electrons. The largest absolute Gasteiger partial charge is 0.477 e. The van der Waals surface area contributed by atoms with E-state index in [0.29, 0.717) is 12.5 Å². The lowest BCUT2D eigenvalue weighted by molar-refractivity contribution is 0.310. The molecule has 0 saturated carbocycles. The number of ether oxygens (including phenoxy) is 1. The van der Waals surface area contributed by atoms with Gasteiger partial charge in [-0.3, -0.25) is 0 Å². The van der Waals surface area contributed by atoms with Gasteiger partial charge >= 0.3 is 0 Å². The topological polar surface area (TPSA) is 34.1 Å². The first-order valence-corrected chi connectivity index (χ1v) is 7.07. The Labute approximate surface area is 112 Å². The minimum absolute atomic E-state index is 0.681. The van der Waals surface area contributed by atoms with Crippen LogP contribution in [0, 0.1) is 0 Å². The Morgan fingerprint density at radius 2 is 2.28 bits per heavy atom. The SMILES string of the molecule is CCNCc1ccc(OCCc2cccs2)nc1. The van der Waals surface area contributed by atoms with Crippen LogP contribution in [0.4, 0.5) is 0 Å². The van der Waals surface area contributed by atoms with Gasteiger partial charge in [-0.25, -0.2) is 4.98 Å². The molecule has 0 unspecified atom stereocenters. The average Bonchev–Trinajstić information content (AvgIpc) is 2.91. The van der Waals surface area contributed by atoms with E-state index in [1.165, 1.54) is 10.4 Å². The lowest BCUT2D eigenvalue weighted by Gasteiger charge is -2.05. The van der Waals surface area contributed by atoms with Crippen LogP contribution in [0.5, 0.6) is 5.88 Å². The summed E-state index contributed by atoms with van der Waals surface area (Å²) in [6, 6.07) is 8.17. The standard InChI is InChI=1S/C14H18N2OS/c1-2-15-10-12-5-6-14(16-11-12)17-8-7-13-4-3-9-18-13/h3-6,9,11,15H,2,7-8,10H2,1H3. The normalized spacial score (nSPS) is 10.5. The van der Waals surface area contributed by atoms with Crippen LogP contribution in [0.15, 0.2) is 35.8 Å². The van der Waals surface area contributed by atoms with Crippen molar-refractivity contribution >= 4 is 11.3 Å². The maximum atomic E-state index is 5.61. The molecule has 0 aliphatic carbocycles. The molecule has 0 aliphatic heterocycles. The summed E-state index contributed by atoms with van der Waals surface area (Å²) in [7, 11) is 0. The van der Waals surface area contributed by atoms with E-state index >= 15 is 0 Å². The predicted molar refractivity (Wildman–Crippen MR) is 75.1 cm³/mol. The van der Waals surface area contributed by atoms with Gasteiger partial charge < -0.3 is 10.1 Å². The molecule has 0 aliphatic rings. The van der Waals surface area contributed by atoms with Gasteiger partial charge in [0.05, 0.1) is 6.61 Å².